The molecule has 0 N–H and O–H groups in total. The molecule has 1 fully saturated rings. The summed E-state index contributed by atoms with van der Waals surface area (Å²) in [7, 11) is 0. The molecule has 2 heterocycles. The molecule has 0 bridgehead atoms. The van der Waals surface area contributed by atoms with Crippen LogP contribution in [-0.2, 0) is 4.74 Å². The summed E-state index contributed by atoms with van der Waals surface area (Å²) < 4.78 is 11.0. The Morgan fingerprint density at radius 3 is 2.54 bits per heavy atom. The van der Waals surface area contributed by atoms with Gasteiger partial charge in [-0.05, 0) is 33.6 Å². The number of hydrogen-bond acceptors (Lipinski definition) is 5. The lowest BCUT2D eigenvalue weighted by Gasteiger charge is -2.40. The molecule has 0 aliphatic carbocycles. The van der Waals surface area contributed by atoms with E-state index in [9.17, 15) is 4.79 Å². The standard InChI is InChI=1S/C18H31N3O3/c1-12(2)14(4)15-10-16(19-24-15)21-9-8-20(11-13(21)3)17(22)23-18(5,6)7/h10,12-14H,8-9,11H2,1-7H3. The molecule has 1 aromatic rings. The molecular formula is C18H31N3O3. The summed E-state index contributed by atoms with van der Waals surface area (Å²) in [6.45, 7) is 16.2. The fourth-order valence-corrected chi connectivity index (χ4v) is 2.75. The summed E-state index contributed by atoms with van der Waals surface area (Å²) in [5, 5.41) is 4.24. The van der Waals surface area contributed by atoms with Gasteiger partial charge in [-0.2, -0.15) is 0 Å². The average molecular weight is 337 g/mol. The number of rotatable bonds is 3. The highest BCUT2D eigenvalue weighted by Crippen LogP contribution is 2.28. The summed E-state index contributed by atoms with van der Waals surface area (Å²) in [5.41, 5.74) is -0.467. The van der Waals surface area contributed by atoms with Crippen LogP contribution in [0, 0.1) is 5.92 Å². The molecule has 2 rings (SSSR count). The van der Waals surface area contributed by atoms with Crippen molar-refractivity contribution < 1.29 is 14.1 Å². The molecule has 1 saturated heterocycles. The zero-order chi connectivity index (χ0) is 18.1. The van der Waals surface area contributed by atoms with Crippen LogP contribution in [0.5, 0.6) is 0 Å². The molecule has 1 aliphatic rings. The quantitative estimate of drug-likeness (QED) is 0.838. The lowest BCUT2D eigenvalue weighted by Crippen LogP contribution is -2.54. The van der Waals surface area contributed by atoms with E-state index in [-0.39, 0.29) is 12.1 Å². The summed E-state index contributed by atoms with van der Waals surface area (Å²) in [6.07, 6.45) is -0.247. The van der Waals surface area contributed by atoms with E-state index >= 15 is 0 Å². The van der Waals surface area contributed by atoms with E-state index in [0.717, 1.165) is 18.1 Å². The number of piperazine rings is 1. The van der Waals surface area contributed by atoms with Crippen LogP contribution >= 0.6 is 0 Å². The first kappa shape index (κ1) is 18.6. The van der Waals surface area contributed by atoms with Gasteiger partial charge in [0.15, 0.2) is 5.82 Å². The van der Waals surface area contributed by atoms with Gasteiger partial charge in [0, 0.05) is 37.7 Å². The molecule has 6 nitrogen and oxygen atoms in total. The number of amides is 1. The van der Waals surface area contributed by atoms with E-state index in [4.69, 9.17) is 9.26 Å². The molecule has 24 heavy (non-hydrogen) atoms. The highest BCUT2D eigenvalue weighted by Gasteiger charge is 2.31. The molecule has 2 atom stereocenters. The van der Waals surface area contributed by atoms with Gasteiger partial charge in [0.25, 0.3) is 0 Å². The largest absolute Gasteiger partial charge is 0.444 e. The molecule has 0 radical (unpaired) electrons. The molecule has 1 aromatic heterocycles. The minimum Gasteiger partial charge on any atom is -0.444 e. The van der Waals surface area contributed by atoms with Crippen LogP contribution in [0.2, 0.25) is 0 Å². The third-order valence-electron chi connectivity index (χ3n) is 4.54. The predicted octanol–water partition coefficient (Wildman–Crippen LogP) is 3.88. The van der Waals surface area contributed by atoms with Crippen LogP contribution in [-0.4, -0.2) is 47.4 Å². The molecule has 2 unspecified atom stereocenters. The lowest BCUT2D eigenvalue weighted by atomic mass is 9.95. The zero-order valence-electron chi connectivity index (χ0n) is 16.0. The number of ether oxygens (including phenoxy) is 1. The fraction of sp³-hybridized carbons (Fsp3) is 0.778. The van der Waals surface area contributed by atoms with Gasteiger partial charge in [0.1, 0.15) is 11.4 Å². The first-order valence-corrected chi connectivity index (χ1v) is 8.79. The number of carbonyl (C=O) groups is 1. The molecule has 0 spiro atoms. The minimum absolute atomic E-state index is 0.165. The van der Waals surface area contributed by atoms with Gasteiger partial charge in [-0.3, -0.25) is 0 Å². The van der Waals surface area contributed by atoms with E-state index in [2.05, 4.69) is 37.8 Å². The SMILES string of the molecule is CC(C)C(C)c1cc(N2CCN(C(=O)OC(C)(C)C)CC2C)no1. The maximum atomic E-state index is 12.2. The van der Waals surface area contributed by atoms with Crippen LogP contribution in [0.25, 0.3) is 0 Å². The van der Waals surface area contributed by atoms with Crippen LogP contribution < -0.4 is 4.90 Å². The number of hydrogen-bond donors (Lipinski definition) is 0. The van der Waals surface area contributed by atoms with Crippen molar-refractivity contribution in [2.75, 3.05) is 24.5 Å². The van der Waals surface area contributed by atoms with Gasteiger partial charge in [-0.15, -0.1) is 0 Å². The van der Waals surface area contributed by atoms with Crippen LogP contribution in [0.4, 0.5) is 10.6 Å². The summed E-state index contributed by atoms with van der Waals surface area (Å²) in [6, 6.07) is 2.20. The van der Waals surface area contributed by atoms with Gasteiger partial charge in [0.2, 0.25) is 0 Å². The Bertz CT molecular complexity index is 562. The fourth-order valence-electron chi connectivity index (χ4n) is 2.75. The van der Waals surface area contributed by atoms with Gasteiger partial charge < -0.3 is 19.1 Å². The van der Waals surface area contributed by atoms with Gasteiger partial charge >= 0.3 is 6.09 Å². The molecule has 0 saturated carbocycles. The molecule has 0 aromatic carbocycles. The predicted molar refractivity (Wildman–Crippen MR) is 94.4 cm³/mol. The summed E-state index contributed by atoms with van der Waals surface area (Å²) in [4.78, 5) is 16.2. The molecular weight excluding hydrogens is 306 g/mol. The smallest absolute Gasteiger partial charge is 0.410 e. The first-order chi connectivity index (χ1) is 11.1. The molecule has 1 aliphatic heterocycles. The number of anilines is 1. The van der Waals surface area contributed by atoms with E-state index in [1.54, 1.807) is 4.90 Å². The van der Waals surface area contributed by atoms with Gasteiger partial charge in [-0.25, -0.2) is 4.79 Å². The Morgan fingerprint density at radius 1 is 1.33 bits per heavy atom. The van der Waals surface area contributed by atoms with E-state index in [0.29, 0.717) is 24.9 Å². The number of nitrogens with zero attached hydrogens (tertiary/aromatic N) is 3. The number of carbonyl (C=O) groups excluding carboxylic acids is 1. The Kier molecular flexibility index (Phi) is 5.45. The van der Waals surface area contributed by atoms with Crippen LogP contribution in [0.15, 0.2) is 10.6 Å². The second-order valence-corrected chi connectivity index (χ2v) is 8.09. The van der Waals surface area contributed by atoms with Crippen molar-refractivity contribution in [2.24, 2.45) is 5.92 Å². The Morgan fingerprint density at radius 2 is 2.00 bits per heavy atom. The second kappa shape index (κ2) is 7.03. The third kappa shape index (κ3) is 4.42. The van der Waals surface area contributed by atoms with E-state index in [1.807, 2.05) is 26.8 Å². The maximum absolute atomic E-state index is 12.2. The normalized spacial score (nSPS) is 20.4. The Hall–Kier alpha value is -1.72. The maximum Gasteiger partial charge on any atom is 0.410 e. The second-order valence-electron chi connectivity index (χ2n) is 8.09. The summed E-state index contributed by atoms with van der Waals surface area (Å²) in [5.74, 6) is 2.62. The van der Waals surface area contributed by atoms with Crippen molar-refractivity contribution in [3.8, 4) is 0 Å². The average Bonchev–Trinajstić information content (AvgIpc) is 2.93. The molecule has 136 valence electrons. The lowest BCUT2D eigenvalue weighted by molar-refractivity contribution is 0.0218. The Labute approximate surface area is 145 Å². The van der Waals surface area contributed by atoms with Gasteiger partial charge in [-0.1, -0.05) is 25.9 Å². The topological polar surface area (TPSA) is 58.8 Å². The van der Waals surface area contributed by atoms with Crippen molar-refractivity contribution in [3.05, 3.63) is 11.8 Å². The third-order valence-corrected chi connectivity index (χ3v) is 4.54. The van der Waals surface area contributed by atoms with Crippen molar-refractivity contribution >= 4 is 11.9 Å². The molecule has 1 amide bonds. The minimum atomic E-state index is -0.467. The number of aromatic nitrogens is 1. The van der Waals surface area contributed by atoms with Crippen molar-refractivity contribution in [1.29, 1.82) is 0 Å². The van der Waals surface area contributed by atoms with Crippen molar-refractivity contribution in [1.82, 2.24) is 10.1 Å². The monoisotopic (exact) mass is 337 g/mol. The highest BCUT2D eigenvalue weighted by atomic mass is 16.6. The van der Waals surface area contributed by atoms with Crippen LogP contribution in [0.1, 0.15) is 60.1 Å². The van der Waals surface area contributed by atoms with Crippen molar-refractivity contribution in [2.45, 2.75) is 66.0 Å². The highest BCUT2D eigenvalue weighted by molar-refractivity contribution is 5.68. The van der Waals surface area contributed by atoms with E-state index < -0.39 is 5.60 Å². The first-order valence-electron chi connectivity index (χ1n) is 8.79. The van der Waals surface area contributed by atoms with Crippen LogP contribution in [0.3, 0.4) is 0 Å². The Balaban J connectivity index is 2.00. The van der Waals surface area contributed by atoms with Gasteiger partial charge in [0.05, 0.1) is 0 Å². The van der Waals surface area contributed by atoms with E-state index in [1.165, 1.54) is 0 Å². The zero-order valence-corrected chi connectivity index (χ0v) is 16.0. The molecule has 6 heteroatoms. The summed E-state index contributed by atoms with van der Waals surface area (Å²) >= 11 is 0. The van der Waals surface area contributed by atoms with Crippen molar-refractivity contribution in [3.63, 3.8) is 0 Å².